The third-order valence-electron chi connectivity index (χ3n) is 5.19. The zero-order chi connectivity index (χ0) is 16.7. The second kappa shape index (κ2) is 6.32. The van der Waals surface area contributed by atoms with E-state index in [0.29, 0.717) is 5.75 Å². The summed E-state index contributed by atoms with van der Waals surface area (Å²) in [6.45, 7) is 12.5. The molecule has 2 saturated heterocycles. The van der Waals surface area contributed by atoms with Crippen LogP contribution >= 0.6 is 12.6 Å². The quantitative estimate of drug-likeness (QED) is 0.653. The van der Waals surface area contributed by atoms with Crippen molar-refractivity contribution in [1.29, 1.82) is 0 Å². The van der Waals surface area contributed by atoms with E-state index in [1.54, 1.807) is 0 Å². The molecule has 2 fully saturated rings. The zero-order valence-corrected chi connectivity index (χ0v) is 15.5. The smallest absolute Gasteiger partial charge is 0.399 e. The molecule has 6 heteroatoms. The predicted molar refractivity (Wildman–Crippen MR) is 99.9 cm³/mol. The first-order valence-electron chi connectivity index (χ1n) is 8.38. The van der Waals surface area contributed by atoms with Crippen LogP contribution in [0.1, 0.15) is 33.3 Å². The Morgan fingerprint density at radius 3 is 2.26 bits per heavy atom. The molecule has 1 aromatic carbocycles. The van der Waals surface area contributed by atoms with Gasteiger partial charge in [0.15, 0.2) is 0 Å². The van der Waals surface area contributed by atoms with Crippen LogP contribution in [0.15, 0.2) is 18.2 Å². The average molecular weight is 334 g/mol. The topological polar surface area (TPSA) is 33.7 Å². The van der Waals surface area contributed by atoms with Gasteiger partial charge in [-0.05, 0) is 50.9 Å². The lowest BCUT2D eigenvalue weighted by Crippen LogP contribution is -2.44. The van der Waals surface area contributed by atoms with Crippen LogP contribution < -0.4 is 15.7 Å². The van der Waals surface area contributed by atoms with E-state index in [4.69, 9.17) is 9.31 Å². The number of piperazine rings is 1. The van der Waals surface area contributed by atoms with Crippen LogP contribution in [0.25, 0.3) is 0 Å². The summed E-state index contributed by atoms with van der Waals surface area (Å²) < 4.78 is 12.4. The first-order chi connectivity index (χ1) is 10.8. The Morgan fingerprint density at radius 1 is 1.09 bits per heavy atom. The summed E-state index contributed by atoms with van der Waals surface area (Å²) in [5.41, 5.74) is 2.90. The molecule has 2 aliphatic rings. The van der Waals surface area contributed by atoms with Crippen LogP contribution in [0.5, 0.6) is 0 Å². The van der Waals surface area contributed by atoms with Gasteiger partial charge in [-0.1, -0.05) is 6.07 Å². The number of nitrogens with zero attached hydrogens (tertiary/aromatic N) is 1. The van der Waals surface area contributed by atoms with Gasteiger partial charge in [0, 0.05) is 37.6 Å². The summed E-state index contributed by atoms with van der Waals surface area (Å²) in [6, 6.07) is 6.59. The molecule has 126 valence electrons. The van der Waals surface area contributed by atoms with E-state index in [1.807, 2.05) is 0 Å². The molecule has 1 N–H and O–H groups in total. The maximum atomic E-state index is 6.21. The van der Waals surface area contributed by atoms with Crippen LogP contribution in [0.2, 0.25) is 0 Å². The number of hydrogen-bond acceptors (Lipinski definition) is 5. The van der Waals surface area contributed by atoms with Crippen molar-refractivity contribution in [3.63, 3.8) is 0 Å². The van der Waals surface area contributed by atoms with Gasteiger partial charge in [-0.15, -0.1) is 0 Å². The first-order valence-corrected chi connectivity index (χ1v) is 9.02. The van der Waals surface area contributed by atoms with Crippen molar-refractivity contribution >= 4 is 30.9 Å². The highest BCUT2D eigenvalue weighted by Crippen LogP contribution is 2.36. The summed E-state index contributed by atoms with van der Waals surface area (Å²) in [7, 11) is -0.318. The van der Waals surface area contributed by atoms with E-state index in [0.717, 1.165) is 31.6 Å². The summed E-state index contributed by atoms with van der Waals surface area (Å²) in [5, 5.41) is 3.40. The predicted octanol–water partition coefficient (Wildman–Crippen LogP) is 1.83. The van der Waals surface area contributed by atoms with Crippen LogP contribution in [0.3, 0.4) is 0 Å². The Kier molecular flexibility index (Phi) is 4.71. The highest BCUT2D eigenvalue weighted by molar-refractivity contribution is 7.79. The Balaban J connectivity index is 1.90. The fraction of sp³-hybridized carbons (Fsp3) is 0.647. The minimum absolute atomic E-state index is 0.316. The highest BCUT2D eigenvalue weighted by atomic mass is 32.1. The molecule has 1 aromatic rings. The summed E-state index contributed by atoms with van der Waals surface area (Å²) in [4.78, 5) is 2.41. The van der Waals surface area contributed by atoms with Crippen LogP contribution in [-0.4, -0.2) is 44.5 Å². The third-order valence-corrected chi connectivity index (χ3v) is 5.56. The third kappa shape index (κ3) is 3.41. The molecule has 23 heavy (non-hydrogen) atoms. The van der Waals surface area contributed by atoms with Crippen molar-refractivity contribution in [1.82, 2.24) is 5.32 Å². The minimum Gasteiger partial charge on any atom is -0.399 e. The Bertz CT molecular complexity index is 558. The second-order valence-electron chi connectivity index (χ2n) is 7.42. The maximum absolute atomic E-state index is 6.21. The van der Waals surface area contributed by atoms with Gasteiger partial charge in [-0.2, -0.15) is 12.6 Å². The van der Waals surface area contributed by atoms with Crippen molar-refractivity contribution in [3.8, 4) is 0 Å². The average Bonchev–Trinajstić information content (AvgIpc) is 2.76. The molecule has 0 atom stereocenters. The Labute approximate surface area is 145 Å². The molecule has 4 nitrogen and oxygen atoms in total. The lowest BCUT2D eigenvalue weighted by atomic mass is 9.78. The molecular weight excluding hydrogens is 307 g/mol. The Hall–Kier alpha value is -0.685. The fourth-order valence-electron chi connectivity index (χ4n) is 3.01. The molecule has 0 spiro atoms. The van der Waals surface area contributed by atoms with E-state index < -0.39 is 0 Å². The lowest BCUT2D eigenvalue weighted by Gasteiger charge is -2.32. The van der Waals surface area contributed by atoms with Crippen molar-refractivity contribution in [2.24, 2.45) is 0 Å². The minimum atomic E-state index is -0.318. The van der Waals surface area contributed by atoms with Gasteiger partial charge in [0.05, 0.1) is 11.2 Å². The summed E-state index contributed by atoms with van der Waals surface area (Å²) in [5.74, 6) is 0.715. The summed E-state index contributed by atoms with van der Waals surface area (Å²) >= 11 is 4.47. The van der Waals surface area contributed by atoms with Gasteiger partial charge < -0.3 is 19.5 Å². The van der Waals surface area contributed by atoms with Gasteiger partial charge in [-0.25, -0.2) is 0 Å². The SMILES string of the molecule is CC1(C)OB(c2cc(CS)cc(N3CCNCC3)c2)OC1(C)C. The molecule has 0 aromatic heterocycles. The fourth-order valence-corrected chi connectivity index (χ4v) is 3.19. The van der Waals surface area contributed by atoms with E-state index in [9.17, 15) is 0 Å². The second-order valence-corrected chi connectivity index (χ2v) is 7.73. The highest BCUT2D eigenvalue weighted by Gasteiger charge is 2.51. The molecule has 3 rings (SSSR count). The number of benzene rings is 1. The molecule has 0 unspecified atom stereocenters. The van der Waals surface area contributed by atoms with Crippen molar-refractivity contribution in [2.75, 3.05) is 31.1 Å². The van der Waals surface area contributed by atoms with E-state index >= 15 is 0 Å². The molecular formula is C17H27BN2O2S. The van der Waals surface area contributed by atoms with Gasteiger partial charge in [0.2, 0.25) is 0 Å². The normalized spacial score (nSPS) is 23.3. The number of rotatable bonds is 3. The zero-order valence-electron chi connectivity index (χ0n) is 14.6. The molecule has 0 aliphatic carbocycles. The molecule has 2 heterocycles. The van der Waals surface area contributed by atoms with Crippen LogP contribution in [-0.2, 0) is 15.1 Å². The molecule has 0 radical (unpaired) electrons. The number of anilines is 1. The molecule has 0 amide bonds. The lowest BCUT2D eigenvalue weighted by molar-refractivity contribution is 0.00578. The largest absolute Gasteiger partial charge is 0.494 e. The maximum Gasteiger partial charge on any atom is 0.494 e. The molecule has 2 aliphatic heterocycles. The Morgan fingerprint density at radius 2 is 1.70 bits per heavy atom. The number of nitrogens with one attached hydrogen (secondary N) is 1. The van der Waals surface area contributed by atoms with Crippen molar-refractivity contribution in [2.45, 2.75) is 44.6 Å². The van der Waals surface area contributed by atoms with E-state index in [2.05, 4.69) is 68.7 Å². The molecule has 0 bridgehead atoms. The monoisotopic (exact) mass is 334 g/mol. The number of thiol groups is 1. The van der Waals surface area contributed by atoms with Gasteiger partial charge >= 0.3 is 7.12 Å². The van der Waals surface area contributed by atoms with Crippen molar-refractivity contribution < 1.29 is 9.31 Å². The van der Waals surface area contributed by atoms with Crippen LogP contribution in [0.4, 0.5) is 5.69 Å². The van der Waals surface area contributed by atoms with E-state index in [-0.39, 0.29) is 18.3 Å². The standard InChI is InChI=1S/C17H27BN2O2S/c1-16(2)17(3,4)22-18(21-16)14-9-13(12-23)10-15(11-14)20-7-5-19-6-8-20/h9-11,19,23H,5-8,12H2,1-4H3. The number of hydrogen-bond donors (Lipinski definition) is 2. The summed E-state index contributed by atoms with van der Waals surface area (Å²) in [6.07, 6.45) is 0. The van der Waals surface area contributed by atoms with Crippen molar-refractivity contribution in [3.05, 3.63) is 23.8 Å². The van der Waals surface area contributed by atoms with Crippen LogP contribution in [0, 0.1) is 0 Å². The van der Waals surface area contributed by atoms with Gasteiger partial charge in [0.25, 0.3) is 0 Å². The first kappa shape index (κ1) is 17.1. The van der Waals surface area contributed by atoms with E-state index in [1.165, 1.54) is 11.3 Å². The molecule has 0 saturated carbocycles. The van der Waals surface area contributed by atoms with Gasteiger partial charge in [0.1, 0.15) is 0 Å². The van der Waals surface area contributed by atoms with Gasteiger partial charge in [-0.3, -0.25) is 0 Å².